The maximum atomic E-state index is 11.7. The Bertz CT molecular complexity index is 227. The molecule has 0 aromatic heterocycles. The Hall–Kier alpha value is -0.0900. The van der Waals surface area contributed by atoms with Crippen LogP contribution in [0.15, 0.2) is 0 Å². The third-order valence-electron chi connectivity index (χ3n) is 2.79. The van der Waals surface area contributed by atoms with Crippen molar-refractivity contribution in [2.75, 3.05) is 6.54 Å². The third-order valence-corrected chi connectivity index (χ3v) is 3.95. The Balaban J connectivity index is 2.22. The first-order valence-corrected chi connectivity index (χ1v) is 6.38. The molecular formula is C11H20BrNO2. The number of rotatable bonds is 5. The molecule has 15 heavy (non-hydrogen) atoms. The Kier molecular flexibility index (Phi) is 4.59. The van der Waals surface area contributed by atoms with Crippen LogP contribution in [0.2, 0.25) is 0 Å². The van der Waals surface area contributed by atoms with Crippen LogP contribution in [0.3, 0.4) is 0 Å². The predicted molar refractivity (Wildman–Crippen MR) is 64.0 cm³/mol. The van der Waals surface area contributed by atoms with Gasteiger partial charge in [-0.2, -0.15) is 0 Å². The Labute approximate surface area is 99.8 Å². The van der Waals surface area contributed by atoms with Crippen LogP contribution in [0.5, 0.6) is 0 Å². The van der Waals surface area contributed by atoms with E-state index in [1.54, 1.807) is 0 Å². The molecular weight excluding hydrogens is 258 g/mol. The van der Waals surface area contributed by atoms with Gasteiger partial charge >= 0.3 is 0 Å². The van der Waals surface area contributed by atoms with E-state index in [0.29, 0.717) is 12.5 Å². The molecule has 3 nitrogen and oxygen atoms in total. The summed E-state index contributed by atoms with van der Waals surface area (Å²) in [5, 5.41) is 12.4. The molecule has 0 radical (unpaired) electrons. The molecule has 0 spiro atoms. The van der Waals surface area contributed by atoms with Gasteiger partial charge in [-0.1, -0.05) is 29.8 Å². The summed E-state index contributed by atoms with van der Waals surface area (Å²) in [6, 6.07) is 0. The van der Waals surface area contributed by atoms with Crippen molar-refractivity contribution in [1.29, 1.82) is 0 Å². The molecule has 0 aromatic carbocycles. The number of halogens is 1. The fourth-order valence-electron chi connectivity index (χ4n) is 1.71. The standard InChI is InChI=1S/C11H20BrNO2/c1-8(2)6-9(14)7-13-10(15)11(12)4-3-5-11/h8-9,14H,3-7H2,1-2H3,(H,13,15). The van der Waals surface area contributed by atoms with Crippen molar-refractivity contribution in [2.45, 2.75) is 50.0 Å². The second-order valence-corrected chi connectivity index (χ2v) is 6.33. The molecule has 0 aliphatic heterocycles. The highest BCUT2D eigenvalue weighted by Crippen LogP contribution is 2.40. The zero-order valence-electron chi connectivity index (χ0n) is 9.42. The minimum Gasteiger partial charge on any atom is -0.391 e. The first-order valence-electron chi connectivity index (χ1n) is 5.59. The van der Waals surface area contributed by atoms with E-state index in [0.717, 1.165) is 25.7 Å². The number of carbonyl (C=O) groups excluding carboxylic acids is 1. The van der Waals surface area contributed by atoms with Crippen LogP contribution in [0, 0.1) is 5.92 Å². The normalized spacial score (nSPS) is 20.9. The summed E-state index contributed by atoms with van der Waals surface area (Å²) in [7, 11) is 0. The molecule has 1 aliphatic rings. The van der Waals surface area contributed by atoms with Crippen LogP contribution in [-0.4, -0.2) is 28.0 Å². The van der Waals surface area contributed by atoms with Gasteiger partial charge in [-0.25, -0.2) is 0 Å². The molecule has 1 saturated carbocycles. The van der Waals surface area contributed by atoms with E-state index in [-0.39, 0.29) is 10.2 Å². The molecule has 0 heterocycles. The van der Waals surface area contributed by atoms with Crippen molar-refractivity contribution in [3.05, 3.63) is 0 Å². The van der Waals surface area contributed by atoms with Crippen molar-refractivity contribution in [2.24, 2.45) is 5.92 Å². The number of nitrogens with one attached hydrogen (secondary N) is 1. The van der Waals surface area contributed by atoms with Gasteiger partial charge in [0.15, 0.2) is 0 Å². The summed E-state index contributed by atoms with van der Waals surface area (Å²) in [5.41, 5.74) is 0. The van der Waals surface area contributed by atoms with Crippen LogP contribution in [0.4, 0.5) is 0 Å². The number of aliphatic hydroxyl groups excluding tert-OH is 1. The number of aliphatic hydroxyl groups is 1. The second-order valence-electron chi connectivity index (χ2n) is 4.81. The molecule has 0 bridgehead atoms. The second kappa shape index (κ2) is 5.30. The summed E-state index contributed by atoms with van der Waals surface area (Å²) >= 11 is 3.44. The maximum absolute atomic E-state index is 11.7. The summed E-state index contributed by atoms with van der Waals surface area (Å²) < 4.78 is -0.343. The van der Waals surface area contributed by atoms with E-state index in [1.165, 1.54) is 0 Å². The summed E-state index contributed by atoms with van der Waals surface area (Å²) in [4.78, 5) is 11.7. The molecule has 1 aliphatic carbocycles. The van der Waals surface area contributed by atoms with Gasteiger partial charge in [-0.3, -0.25) is 4.79 Å². The smallest absolute Gasteiger partial charge is 0.236 e. The number of carbonyl (C=O) groups is 1. The van der Waals surface area contributed by atoms with Crippen LogP contribution < -0.4 is 5.32 Å². The lowest BCUT2D eigenvalue weighted by atomic mass is 9.84. The van der Waals surface area contributed by atoms with Gasteiger partial charge in [0.1, 0.15) is 4.32 Å². The number of hydrogen-bond donors (Lipinski definition) is 2. The minimum absolute atomic E-state index is 0.0246. The summed E-state index contributed by atoms with van der Waals surface area (Å²) in [6.07, 6.45) is 3.21. The SMILES string of the molecule is CC(C)CC(O)CNC(=O)C1(Br)CCC1. The average Bonchev–Trinajstić information content (AvgIpc) is 2.09. The van der Waals surface area contributed by atoms with Gasteiger partial charge < -0.3 is 10.4 Å². The van der Waals surface area contributed by atoms with E-state index in [4.69, 9.17) is 0 Å². The monoisotopic (exact) mass is 277 g/mol. The van der Waals surface area contributed by atoms with Crippen LogP contribution in [-0.2, 0) is 4.79 Å². The maximum Gasteiger partial charge on any atom is 0.236 e. The highest BCUT2D eigenvalue weighted by Gasteiger charge is 2.41. The molecule has 1 amide bonds. The lowest BCUT2D eigenvalue weighted by Crippen LogP contribution is -2.48. The molecule has 88 valence electrons. The fraction of sp³-hybridized carbons (Fsp3) is 0.909. The van der Waals surface area contributed by atoms with Gasteiger partial charge in [0.2, 0.25) is 5.91 Å². The molecule has 0 saturated heterocycles. The van der Waals surface area contributed by atoms with Gasteiger partial charge in [0.25, 0.3) is 0 Å². The van der Waals surface area contributed by atoms with Crippen molar-refractivity contribution < 1.29 is 9.90 Å². The number of hydrogen-bond acceptors (Lipinski definition) is 2. The molecule has 1 rings (SSSR count). The molecule has 2 N–H and O–H groups in total. The van der Waals surface area contributed by atoms with E-state index in [9.17, 15) is 9.90 Å². The number of amides is 1. The highest BCUT2D eigenvalue weighted by atomic mass is 79.9. The van der Waals surface area contributed by atoms with Crippen molar-refractivity contribution in [3.8, 4) is 0 Å². The summed E-state index contributed by atoms with van der Waals surface area (Å²) in [5.74, 6) is 0.482. The van der Waals surface area contributed by atoms with Gasteiger partial charge in [-0.05, 0) is 31.6 Å². The molecule has 1 unspecified atom stereocenters. The topological polar surface area (TPSA) is 49.3 Å². The first kappa shape index (κ1) is 13.0. The van der Waals surface area contributed by atoms with Gasteiger partial charge in [0, 0.05) is 6.54 Å². The molecule has 1 atom stereocenters. The van der Waals surface area contributed by atoms with E-state index in [2.05, 4.69) is 35.1 Å². The minimum atomic E-state index is -0.426. The van der Waals surface area contributed by atoms with Crippen LogP contribution in [0.25, 0.3) is 0 Å². The lowest BCUT2D eigenvalue weighted by Gasteiger charge is -2.34. The molecule has 1 fully saturated rings. The quantitative estimate of drug-likeness (QED) is 0.754. The van der Waals surface area contributed by atoms with Crippen molar-refractivity contribution in [1.82, 2.24) is 5.32 Å². The van der Waals surface area contributed by atoms with Gasteiger partial charge in [0.05, 0.1) is 6.10 Å². The van der Waals surface area contributed by atoms with E-state index >= 15 is 0 Å². The first-order chi connectivity index (χ1) is 6.94. The average molecular weight is 278 g/mol. The fourth-order valence-corrected chi connectivity index (χ4v) is 2.41. The van der Waals surface area contributed by atoms with Crippen molar-refractivity contribution >= 4 is 21.8 Å². The van der Waals surface area contributed by atoms with Gasteiger partial charge in [-0.15, -0.1) is 0 Å². The lowest BCUT2D eigenvalue weighted by molar-refractivity contribution is -0.125. The largest absolute Gasteiger partial charge is 0.391 e. The van der Waals surface area contributed by atoms with E-state index in [1.807, 2.05) is 0 Å². The Morgan fingerprint density at radius 1 is 1.53 bits per heavy atom. The summed E-state index contributed by atoms with van der Waals surface area (Å²) in [6.45, 7) is 4.48. The van der Waals surface area contributed by atoms with Crippen molar-refractivity contribution in [3.63, 3.8) is 0 Å². The van der Waals surface area contributed by atoms with E-state index < -0.39 is 6.10 Å². The number of alkyl halides is 1. The molecule has 4 heteroatoms. The zero-order chi connectivity index (χ0) is 11.5. The van der Waals surface area contributed by atoms with Crippen LogP contribution >= 0.6 is 15.9 Å². The third kappa shape index (κ3) is 3.76. The predicted octanol–water partition coefficient (Wildman–Crippen LogP) is 1.83. The zero-order valence-corrected chi connectivity index (χ0v) is 11.0. The Morgan fingerprint density at radius 2 is 2.13 bits per heavy atom. The highest BCUT2D eigenvalue weighted by molar-refractivity contribution is 9.10. The molecule has 0 aromatic rings. The Morgan fingerprint density at radius 3 is 2.53 bits per heavy atom. The van der Waals surface area contributed by atoms with Crippen LogP contribution in [0.1, 0.15) is 39.5 Å².